The quantitative estimate of drug-likeness (QED) is 0.635. The molecule has 0 aliphatic heterocycles. The minimum Gasteiger partial charge on any atom is -0.465 e. The van der Waals surface area contributed by atoms with Crippen LogP contribution in [-0.2, 0) is 4.74 Å². The van der Waals surface area contributed by atoms with E-state index in [2.05, 4.69) is 10.3 Å². The summed E-state index contributed by atoms with van der Waals surface area (Å²) in [5, 5.41) is 8.01. The molecule has 21 heavy (non-hydrogen) atoms. The summed E-state index contributed by atoms with van der Waals surface area (Å²) in [5.41, 5.74) is 2.36. The van der Waals surface area contributed by atoms with Crippen molar-refractivity contribution in [2.24, 2.45) is 0 Å². The number of ether oxygens (including phenoxy) is 1. The second kappa shape index (κ2) is 5.47. The van der Waals surface area contributed by atoms with Crippen molar-refractivity contribution in [2.45, 2.75) is 25.2 Å². The zero-order valence-electron chi connectivity index (χ0n) is 11.7. The summed E-state index contributed by atoms with van der Waals surface area (Å²) < 4.78 is 6.38. The van der Waals surface area contributed by atoms with Gasteiger partial charge >= 0.3 is 5.97 Å². The number of aldehydes is 1. The predicted octanol–water partition coefficient (Wildman–Crippen LogP) is 2.13. The largest absolute Gasteiger partial charge is 0.465 e. The zero-order chi connectivity index (χ0) is 14.8. The number of hydrogen-bond donors (Lipinski definition) is 0. The summed E-state index contributed by atoms with van der Waals surface area (Å²) >= 11 is 0. The van der Waals surface area contributed by atoms with Crippen LogP contribution in [0.25, 0.3) is 5.69 Å². The first-order chi connectivity index (χ1) is 10.2. The Labute approximate surface area is 121 Å². The van der Waals surface area contributed by atoms with Crippen LogP contribution in [0, 0.1) is 0 Å². The van der Waals surface area contributed by atoms with Gasteiger partial charge in [0.2, 0.25) is 0 Å². The molecule has 1 aromatic heterocycles. The normalized spacial score (nSPS) is 14.5. The molecule has 1 heterocycles. The summed E-state index contributed by atoms with van der Waals surface area (Å²) in [6.07, 6.45) is 3.95. The van der Waals surface area contributed by atoms with Gasteiger partial charge < -0.3 is 4.74 Å². The first kappa shape index (κ1) is 13.5. The van der Waals surface area contributed by atoms with E-state index in [0.717, 1.165) is 31.2 Å². The van der Waals surface area contributed by atoms with Crippen molar-refractivity contribution >= 4 is 12.3 Å². The SMILES string of the molecule is COC(=O)c1cccc(-n2nnc(C=O)c2C2CCC2)c1. The lowest BCUT2D eigenvalue weighted by molar-refractivity contribution is 0.0600. The molecule has 6 nitrogen and oxygen atoms in total. The van der Waals surface area contributed by atoms with E-state index in [1.165, 1.54) is 7.11 Å². The van der Waals surface area contributed by atoms with E-state index < -0.39 is 5.97 Å². The topological polar surface area (TPSA) is 74.1 Å². The van der Waals surface area contributed by atoms with Crippen LogP contribution in [0.5, 0.6) is 0 Å². The van der Waals surface area contributed by atoms with Gasteiger partial charge in [-0.05, 0) is 31.0 Å². The fourth-order valence-corrected chi connectivity index (χ4v) is 2.52. The number of aromatic nitrogens is 3. The van der Waals surface area contributed by atoms with Gasteiger partial charge in [-0.15, -0.1) is 5.10 Å². The number of esters is 1. The summed E-state index contributed by atoms with van der Waals surface area (Å²) in [6, 6.07) is 6.96. The van der Waals surface area contributed by atoms with Gasteiger partial charge in [0.15, 0.2) is 6.29 Å². The predicted molar refractivity (Wildman–Crippen MR) is 74.7 cm³/mol. The Morgan fingerprint density at radius 2 is 2.24 bits per heavy atom. The second-order valence-electron chi connectivity index (χ2n) is 5.06. The monoisotopic (exact) mass is 285 g/mol. The highest BCUT2D eigenvalue weighted by Crippen LogP contribution is 2.38. The van der Waals surface area contributed by atoms with E-state index in [0.29, 0.717) is 22.9 Å². The Kier molecular flexibility index (Phi) is 3.51. The van der Waals surface area contributed by atoms with Crippen molar-refractivity contribution in [3.8, 4) is 5.69 Å². The molecule has 0 bridgehead atoms. The minimum atomic E-state index is -0.405. The number of hydrogen-bond acceptors (Lipinski definition) is 5. The van der Waals surface area contributed by atoms with Crippen LogP contribution >= 0.6 is 0 Å². The first-order valence-corrected chi connectivity index (χ1v) is 6.84. The molecule has 0 atom stereocenters. The third-order valence-electron chi connectivity index (χ3n) is 3.85. The molecule has 0 saturated heterocycles. The highest BCUT2D eigenvalue weighted by atomic mass is 16.5. The molecule has 1 aliphatic rings. The van der Waals surface area contributed by atoms with Gasteiger partial charge in [0, 0.05) is 5.92 Å². The number of nitrogens with zero attached hydrogens (tertiary/aromatic N) is 3. The fourth-order valence-electron chi connectivity index (χ4n) is 2.52. The van der Waals surface area contributed by atoms with Crippen molar-refractivity contribution in [1.82, 2.24) is 15.0 Å². The average molecular weight is 285 g/mol. The van der Waals surface area contributed by atoms with Crippen molar-refractivity contribution < 1.29 is 14.3 Å². The van der Waals surface area contributed by atoms with Crippen molar-refractivity contribution in [2.75, 3.05) is 7.11 Å². The fraction of sp³-hybridized carbons (Fsp3) is 0.333. The number of methoxy groups -OCH3 is 1. The molecule has 0 spiro atoms. The van der Waals surface area contributed by atoms with Crippen molar-refractivity contribution in [3.63, 3.8) is 0 Å². The average Bonchev–Trinajstić information content (AvgIpc) is 2.88. The molecular formula is C15H15N3O3. The van der Waals surface area contributed by atoms with Gasteiger partial charge in [-0.25, -0.2) is 9.48 Å². The molecular weight excluding hydrogens is 270 g/mol. The molecule has 3 rings (SSSR count). The van der Waals surface area contributed by atoms with Crippen LogP contribution < -0.4 is 0 Å². The maximum atomic E-state index is 11.6. The van der Waals surface area contributed by atoms with Gasteiger partial charge in [0.1, 0.15) is 5.69 Å². The van der Waals surface area contributed by atoms with E-state index in [4.69, 9.17) is 4.74 Å². The smallest absolute Gasteiger partial charge is 0.337 e. The number of rotatable bonds is 4. The van der Waals surface area contributed by atoms with Crippen LogP contribution in [0.15, 0.2) is 24.3 Å². The van der Waals surface area contributed by atoms with Crippen LogP contribution in [0.4, 0.5) is 0 Å². The Morgan fingerprint density at radius 3 is 2.86 bits per heavy atom. The van der Waals surface area contributed by atoms with E-state index in [1.54, 1.807) is 22.9 Å². The van der Waals surface area contributed by atoms with Gasteiger partial charge in [-0.1, -0.05) is 17.7 Å². The van der Waals surface area contributed by atoms with Crippen LogP contribution in [0.2, 0.25) is 0 Å². The summed E-state index contributed by atoms with van der Waals surface area (Å²) in [6.45, 7) is 0. The molecule has 0 N–H and O–H groups in total. The highest BCUT2D eigenvalue weighted by molar-refractivity contribution is 5.89. The van der Waals surface area contributed by atoms with Gasteiger partial charge in [-0.3, -0.25) is 4.79 Å². The third-order valence-corrected chi connectivity index (χ3v) is 3.85. The Bertz CT molecular complexity index is 689. The van der Waals surface area contributed by atoms with Gasteiger partial charge in [0.05, 0.1) is 24.1 Å². The third kappa shape index (κ3) is 2.33. The zero-order valence-corrected chi connectivity index (χ0v) is 11.7. The van der Waals surface area contributed by atoms with Gasteiger partial charge in [0.25, 0.3) is 0 Å². The molecule has 6 heteroatoms. The lowest BCUT2D eigenvalue weighted by Gasteiger charge is -2.26. The van der Waals surface area contributed by atoms with E-state index in [-0.39, 0.29) is 0 Å². The Morgan fingerprint density at radius 1 is 1.43 bits per heavy atom. The highest BCUT2D eigenvalue weighted by Gasteiger charge is 2.28. The van der Waals surface area contributed by atoms with Crippen LogP contribution in [0.1, 0.15) is 51.7 Å². The Hall–Kier alpha value is -2.50. The first-order valence-electron chi connectivity index (χ1n) is 6.84. The maximum Gasteiger partial charge on any atom is 0.337 e. The maximum absolute atomic E-state index is 11.6. The van der Waals surface area contributed by atoms with Crippen molar-refractivity contribution in [3.05, 3.63) is 41.2 Å². The number of carbonyl (C=O) groups excluding carboxylic acids is 2. The lowest BCUT2D eigenvalue weighted by Crippen LogP contribution is -2.16. The van der Waals surface area contributed by atoms with Crippen LogP contribution in [-0.4, -0.2) is 34.4 Å². The molecule has 1 saturated carbocycles. The van der Waals surface area contributed by atoms with E-state index in [1.807, 2.05) is 6.07 Å². The summed E-state index contributed by atoms with van der Waals surface area (Å²) in [4.78, 5) is 22.8. The molecule has 1 aromatic carbocycles. The molecule has 1 fully saturated rings. The molecule has 0 unspecified atom stereocenters. The van der Waals surface area contributed by atoms with Gasteiger partial charge in [-0.2, -0.15) is 0 Å². The molecule has 108 valence electrons. The van der Waals surface area contributed by atoms with E-state index in [9.17, 15) is 9.59 Å². The second-order valence-corrected chi connectivity index (χ2v) is 5.06. The standard InChI is InChI=1S/C15H15N3O3/c1-21-15(20)11-6-3-7-12(8-11)18-14(10-4-2-5-10)13(9-19)16-17-18/h3,6-10H,2,4-5H2,1H3. The Balaban J connectivity index is 2.06. The lowest BCUT2D eigenvalue weighted by atomic mass is 9.82. The van der Waals surface area contributed by atoms with Crippen LogP contribution in [0.3, 0.4) is 0 Å². The molecule has 0 amide bonds. The number of benzene rings is 1. The molecule has 0 radical (unpaired) electrons. The minimum absolute atomic E-state index is 0.307. The molecule has 1 aliphatic carbocycles. The summed E-state index contributed by atoms with van der Waals surface area (Å²) in [7, 11) is 1.34. The number of carbonyl (C=O) groups is 2. The summed E-state index contributed by atoms with van der Waals surface area (Å²) in [5.74, 6) is -0.0975. The van der Waals surface area contributed by atoms with E-state index >= 15 is 0 Å². The molecule has 2 aromatic rings. The van der Waals surface area contributed by atoms with Crippen molar-refractivity contribution in [1.29, 1.82) is 0 Å².